The van der Waals surface area contributed by atoms with E-state index in [1.807, 2.05) is 57.8 Å². The Balaban J connectivity index is 0.000000751. The summed E-state index contributed by atoms with van der Waals surface area (Å²) in [5.41, 5.74) is 0. The number of halogens is 1. The molecule has 0 spiro atoms. The van der Waals surface area contributed by atoms with Crippen molar-refractivity contribution in [2.24, 2.45) is 0 Å². The predicted octanol–water partition coefficient (Wildman–Crippen LogP) is 5.89. The second kappa shape index (κ2) is 18.5. The van der Waals surface area contributed by atoms with Gasteiger partial charge in [0.25, 0.3) is 0 Å². The summed E-state index contributed by atoms with van der Waals surface area (Å²) in [6, 6.07) is 0. The van der Waals surface area contributed by atoms with Gasteiger partial charge in [-0.2, -0.15) is 0 Å². The minimum Gasteiger partial charge on any atom is -0.299 e. The normalized spacial score (nSPS) is 17.2. The molecule has 0 aromatic heterocycles. The third-order valence-corrected chi connectivity index (χ3v) is 4.39. The van der Waals surface area contributed by atoms with Crippen LogP contribution in [0.4, 0.5) is 0 Å². The number of carbonyl (C=O) groups excluding carboxylic acids is 1. The van der Waals surface area contributed by atoms with Crippen molar-refractivity contribution in [1.29, 1.82) is 0 Å². The molecule has 0 aromatic rings. The fourth-order valence-electron chi connectivity index (χ4n) is 2.47. The molecule has 132 valence electrons. The number of hydrogen-bond acceptors (Lipinski definition) is 1. The molecule has 0 aliphatic heterocycles. The molecule has 24 heavy (non-hydrogen) atoms. The first-order valence-corrected chi connectivity index (χ1v) is 9.94. The first-order valence-electron chi connectivity index (χ1n) is 8.82. The summed E-state index contributed by atoms with van der Waals surface area (Å²) in [6.45, 7) is 0. The van der Waals surface area contributed by atoms with E-state index in [9.17, 15) is 4.79 Å². The summed E-state index contributed by atoms with van der Waals surface area (Å²) in [5, 5.41) is 1.14. The fourth-order valence-corrected chi connectivity index (χ4v) is 2.86. The van der Waals surface area contributed by atoms with Crippen molar-refractivity contribution in [3.8, 4) is 0 Å². The van der Waals surface area contributed by atoms with Crippen molar-refractivity contribution in [1.82, 2.24) is 0 Å². The molecule has 10 radical (unpaired) electrons. The Kier molecular flexibility index (Phi) is 19.0. The number of hydrogen-bond donors (Lipinski definition) is 0. The van der Waals surface area contributed by atoms with Crippen molar-refractivity contribution in [2.75, 3.05) is 5.33 Å². The first-order chi connectivity index (χ1) is 11.3. The van der Waals surface area contributed by atoms with E-state index in [0.29, 0.717) is 12.2 Å². The molecule has 0 heterocycles. The smallest absolute Gasteiger partial charge is 0.299 e. The molecular weight excluding hydrogens is 404 g/mol. The SMILES string of the molecule is O=C(CCCCCCCCCCBr)[C]1[CH][CH][CH][CH]1.[CH]1[CH][CH][CH][CH]1.[Fe+2]. The Labute approximate surface area is 170 Å². The average Bonchev–Trinajstić information content (AvgIpc) is 3.28. The van der Waals surface area contributed by atoms with E-state index in [-0.39, 0.29) is 17.1 Å². The summed E-state index contributed by atoms with van der Waals surface area (Å²) >= 11 is 3.45. The van der Waals surface area contributed by atoms with Gasteiger partial charge in [0, 0.05) is 17.7 Å². The molecular formula is C21H29BrFeO+2. The Morgan fingerprint density at radius 3 is 1.54 bits per heavy atom. The number of Topliss-reactive ketones (excluding diaryl/α,β-unsaturated/α-hetero) is 1. The molecule has 0 saturated heterocycles. The van der Waals surface area contributed by atoms with Crippen molar-refractivity contribution in [2.45, 2.75) is 57.8 Å². The molecule has 2 fully saturated rings. The van der Waals surface area contributed by atoms with Gasteiger partial charge in [0.15, 0.2) is 0 Å². The van der Waals surface area contributed by atoms with Crippen molar-refractivity contribution >= 4 is 21.7 Å². The maximum atomic E-state index is 11.7. The van der Waals surface area contributed by atoms with Crippen LogP contribution in [0.3, 0.4) is 0 Å². The quantitative estimate of drug-likeness (QED) is 0.226. The molecule has 0 atom stereocenters. The maximum absolute atomic E-state index is 11.7. The summed E-state index contributed by atoms with van der Waals surface area (Å²) < 4.78 is 0. The van der Waals surface area contributed by atoms with E-state index in [2.05, 4.69) is 15.9 Å². The molecule has 2 rings (SSSR count). The van der Waals surface area contributed by atoms with E-state index in [1.165, 1.54) is 44.9 Å². The van der Waals surface area contributed by atoms with E-state index >= 15 is 0 Å². The summed E-state index contributed by atoms with van der Waals surface area (Å²) in [4.78, 5) is 11.7. The van der Waals surface area contributed by atoms with Crippen molar-refractivity contribution < 1.29 is 21.9 Å². The molecule has 3 heteroatoms. The topological polar surface area (TPSA) is 17.1 Å². The molecule has 2 aliphatic rings. The van der Waals surface area contributed by atoms with Gasteiger partial charge in [-0.05, 0) is 70.6 Å². The summed E-state index contributed by atoms with van der Waals surface area (Å²) in [5.74, 6) is 1.18. The third kappa shape index (κ3) is 13.9. The zero-order valence-electron chi connectivity index (χ0n) is 14.4. The maximum Gasteiger partial charge on any atom is 2.00 e. The number of rotatable bonds is 11. The summed E-state index contributed by atoms with van der Waals surface area (Å²) in [6.07, 6.45) is 28.6. The van der Waals surface area contributed by atoms with Gasteiger partial charge >= 0.3 is 17.1 Å². The standard InChI is InChI=1S/C16H24BrO.C5H5.Fe/c17-14-10-6-4-2-1-3-5-7-13-16(18)15-11-8-9-12-15;1-2-4-5-3-1;/h8-9,11-12H,1-7,10,13-14H2;1-5H;/q;;+2. The van der Waals surface area contributed by atoms with Gasteiger partial charge in [-0.15, -0.1) is 0 Å². The van der Waals surface area contributed by atoms with E-state index in [4.69, 9.17) is 0 Å². The number of carbonyl (C=O) groups is 1. The minimum atomic E-state index is 0. The van der Waals surface area contributed by atoms with Gasteiger partial charge in [0.2, 0.25) is 0 Å². The van der Waals surface area contributed by atoms with Crippen LogP contribution in [-0.4, -0.2) is 11.1 Å². The van der Waals surface area contributed by atoms with Crippen LogP contribution in [0.25, 0.3) is 0 Å². The van der Waals surface area contributed by atoms with Crippen LogP contribution in [-0.2, 0) is 21.9 Å². The van der Waals surface area contributed by atoms with Gasteiger partial charge in [-0.1, -0.05) is 54.5 Å². The monoisotopic (exact) mass is 432 g/mol. The number of alkyl halides is 1. The predicted molar refractivity (Wildman–Crippen MR) is 102 cm³/mol. The second-order valence-electron chi connectivity index (χ2n) is 5.83. The minimum absolute atomic E-state index is 0. The van der Waals surface area contributed by atoms with E-state index in [1.54, 1.807) is 0 Å². The molecule has 1 nitrogen and oxygen atoms in total. The molecule has 0 aromatic carbocycles. The number of unbranched alkanes of at least 4 members (excludes halogenated alkanes) is 7. The number of ketones is 1. The third-order valence-electron chi connectivity index (χ3n) is 3.83. The van der Waals surface area contributed by atoms with Gasteiger partial charge < -0.3 is 0 Å². The largest absolute Gasteiger partial charge is 2.00 e. The van der Waals surface area contributed by atoms with Gasteiger partial charge in [0.05, 0.1) is 0 Å². The van der Waals surface area contributed by atoms with Crippen LogP contribution >= 0.6 is 15.9 Å². The van der Waals surface area contributed by atoms with Crippen molar-refractivity contribution in [3.63, 3.8) is 0 Å². The van der Waals surface area contributed by atoms with E-state index < -0.39 is 0 Å². The Bertz CT molecular complexity index is 265. The summed E-state index contributed by atoms with van der Waals surface area (Å²) in [7, 11) is 0. The van der Waals surface area contributed by atoms with Crippen molar-refractivity contribution in [3.05, 3.63) is 63.7 Å². The van der Waals surface area contributed by atoms with Gasteiger partial charge in [0.1, 0.15) is 5.78 Å². The average molecular weight is 433 g/mol. The van der Waals surface area contributed by atoms with Gasteiger partial charge in [-0.3, -0.25) is 4.79 Å². The Morgan fingerprint density at radius 1 is 0.667 bits per heavy atom. The Hall–Kier alpha value is 0.669. The van der Waals surface area contributed by atoms with Crippen LogP contribution in [0.15, 0.2) is 0 Å². The molecule has 0 bridgehead atoms. The zero-order valence-corrected chi connectivity index (χ0v) is 17.1. The van der Waals surface area contributed by atoms with Crippen LogP contribution in [0, 0.1) is 63.7 Å². The van der Waals surface area contributed by atoms with E-state index in [0.717, 1.165) is 17.7 Å². The molecule has 2 aliphatic carbocycles. The second-order valence-corrected chi connectivity index (χ2v) is 6.62. The van der Waals surface area contributed by atoms with Crippen LogP contribution < -0.4 is 0 Å². The molecule has 0 N–H and O–H groups in total. The molecule has 2 saturated carbocycles. The zero-order chi connectivity index (χ0) is 16.6. The molecule has 0 unspecified atom stereocenters. The van der Waals surface area contributed by atoms with Crippen LogP contribution in [0.2, 0.25) is 0 Å². The first kappa shape index (κ1) is 24.7. The van der Waals surface area contributed by atoms with Crippen LogP contribution in [0.5, 0.6) is 0 Å². The fraction of sp³-hybridized carbons (Fsp3) is 0.476. The molecule has 0 amide bonds. The van der Waals surface area contributed by atoms with Gasteiger partial charge in [-0.25, -0.2) is 0 Å². The Morgan fingerprint density at radius 2 is 1.08 bits per heavy atom. The van der Waals surface area contributed by atoms with Crippen LogP contribution in [0.1, 0.15) is 57.8 Å².